The topological polar surface area (TPSA) is 42.7 Å². The van der Waals surface area contributed by atoms with Crippen molar-refractivity contribution in [3.63, 3.8) is 0 Å². The van der Waals surface area contributed by atoms with Gasteiger partial charge in [0.2, 0.25) is 0 Å². The highest BCUT2D eigenvalue weighted by Gasteiger charge is 2.06. The number of nitrogens with one attached hydrogen (secondary N) is 1. The van der Waals surface area contributed by atoms with Crippen molar-refractivity contribution in [3.05, 3.63) is 40.8 Å². The Hall–Kier alpha value is -1.39. The first-order valence-electron chi connectivity index (χ1n) is 5.95. The highest BCUT2D eigenvalue weighted by atomic mass is 35.5. The molecule has 2 rings (SSSR count). The Labute approximate surface area is 112 Å². The summed E-state index contributed by atoms with van der Waals surface area (Å²) in [6.07, 6.45) is 5.42. The summed E-state index contributed by atoms with van der Waals surface area (Å²) in [4.78, 5) is 4.29. The molecule has 2 aromatic heterocycles. The lowest BCUT2D eigenvalue weighted by molar-refractivity contribution is 0.588. The second-order valence-electron chi connectivity index (χ2n) is 4.63. The van der Waals surface area contributed by atoms with E-state index in [-0.39, 0.29) is 0 Å². The zero-order chi connectivity index (χ0) is 13.1. The summed E-state index contributed by atoms with van der Waals surface area (Å²) < 4.78 is 1.75. The van der Waals surface area contributed by atoms with E-state index < -0.39 is 0 Å². The fourth-order valence-corrected chi connectivity index (χ4v) is 1.75. The van der Waals surface area contributed by atoms with Crippen molar-refractivity contribution < 1.29 is 0 Å². The molecule has 0 aliphatic rings. The van der Waals surface area contributed by atoms with E-state index in [1.54, 1.807) is 10.9 Å². The van der Waals surface area contributed by atoms with Gasteiger partial charge in [-0.15, -0.1) is 0 Å². The van der Waals surface area contributed by atoms with Gasteiger partial charge in [-0.2, -0.15) is 5.10 Å². The fourth-order valence-electron chi connectivity index (χ4n) is 1.58. The molecule has 18 heavy (non-hydrogen) atoms. The quantitative estimate of drug-likeness (QED) is 0.923. The first-order chi connectivity index (χ1) is 8.56. The molecule has 5 heteroatoms. The summed E-state index contributed by atoms with van der Waals surface area (Å²) in [5.41, 5.74) is 2.14. The lowest BCUT2D eigenvalue weighted by Gasteiger charge is -2.10. The predicted molar refractivity (Wildman–Crippen MR) is 73.1 cm³/mol. The van der Waals surface area contributed by atoms with Crippen LogP contribution in [-0.4, -0.2) is 20.8 Å². The zero-order valence-corrected chi connectivity index (χ0v) is 11.6. The number of nitrogens with zero attached hydrogens (tertiary/aromatic N) is 3. The minimum atomic E-state index is 0.421. The van der Waals surface area contributed by atoms with Crippen molar-refractivity contribution in [2.24, 2.45) is 0 Å². The smallest absolute Gasteiger partial charge is 0.153 e. The molecule has 2 heterocycles. The summed E-state index contributed by atoms with van der Waals surface area (Å²) in [5, 5.41) is 8.26. The van der Waals surface area contributed by atoms with Gasteiger partial charge in [0.25, 0.3) is 0 Å². The Morgan fingerprint density at radius 1 is 1.39 bits per heavy atom. The van der Waals surface area contributed by atoms with Gasteiger partial charge in [0.05, 0.1) is 11.2 Å². The molecule has 1 N–H and O–H groups in total. The third-order valence-corrected chi connectivity index (χ3v) is 2.91. The second kappa shape index (κ2) is 5.50. The van der Waals surface area contributed by atoms with Crippen LogP contribution < -0.4 is 5.32 Å². The van der Waals surface area contributed by atoms with E-state index in [1.807, 2.05) is 25.4 Å². The molecule has 0 unspecified atom stereocenters. The number of aromatic nitrogens is 3. The van der Waals surface area contributed by atoms with Gasteiger partial charge in [0.15, 0.2) is 5.82 Å². The molecular weight excluding hydrogens is 248 g/mol. The predicted octanol–water partition coefficient (Wildman–Crippen LogP) is 2.73. The van der Waals surface area contributed by atoms with E-state index in [4.69, 9.17) is 11.6 Å². The van der Waals surface area contributed by atoms with E-state index in [1.165, 1.54) is 0 Å². The lowest BCUT2D eigenvalue weighted by atomic mass is 10.2. The monoisotopic (exact) mass is 264 g/mol. The Balaban J connectivity index is 2.25. The minimum Gasteiger partial charge on any atom is -0.310 e. The Kier molecular flexibility index (Phi) is 3.99. The molecule has 0 saturated carbocycles. The van der Waals surface area contributed by atoms with Crippen LogP contribution in [0.1, 0.15) is 25.0 Å². The molecule has 96 valence electrons. The number of halogens is 1. The van der Waals surface area contributed by atoms with Crippen LogP contribution in [0, 0.1) is 6.92 Å². The van der Waals surface area contributed by atoms with Crippen LogP contribution in [0.25, 0.3) is 5.82 Å². The van der Waals surface area contributed by atoms with E-state index in [0.717, 1.165) is 23.5 Å². The van der Waals surface area contributed by atoms with Gasteiger partial charge in [0.1, 0.15) is 0 Å². The van der Waals surface area contributed by atoms with Crippen molar-refractivity contribution in [1.82, 2.24) is 20.1 Å². The molecule has 0 amide bonds. The third kappa shape index (κ3) is 3.09. The van der Waals surface area contributed by atoms with Crippen molar-refractivity contribution in [1.29, 1.82) is 0 Å². The number of hydrogen-bond acceptors (Lipinski definition) is 3. The highest BCUT2D eigenvalue weighted by molar-refractivity contribution is 6.31. The summed E-state index contributed by atoms with van der Waals surface area (Å²) >= 11 is 6.14. The molecule has 0 atom stereocenters. The second-order valence-corrected chi connectivity index (χ2v) is 5.04. The SMILES string of the molecule is Cc1cnn(-c2cc(CNC(C)C)c(Cl)cn2)c1. The first-order valence-corrected chi connectivity index (χ1v) is 6.33. The highest BCUT2D eigenvalue weighted by Crippen LogP contribution is 2.17. The average molecular weight is 265 g/mol. The summed E-state index contributed by atoms with van der Waals surface area (Å²) in [6.45, 7) is 6.94. The Bertz CT molecular complexity index is 534. The maximum atomic E-state index is 6.14. The van der Waals surface area contributed by atoms with Crippen LogP contribution in [0.2, 0.25) is 5.02 Å². The minimum absolute atomic E-state index is 0.421. The molecule has 0 bridgehead atoms. The van der Waals surface area contributed by atoms with Gasteiger partial charge in [-0.25, -0.2) is 9.67 Å². The molecule has 0 radical (unpaired) electrons. The first kappa shape index (κ1) is 13.1. The summed E-state index contributed by atoms with van der Waals surface area (Å²) in [6, 6.07) is 2.38. The zero-order valence-electron chi connectivity index (χ0n) is 10.8. The van der Waals surface area contributed by atoms with Crippen LogP contribution in [0.4, 0.5) is 0 Å². The molecule has 0 aliphatic carbocycles. The Morgan fingerprint density at radius 2 is 2.17 bits per heavy atom. The van der Waals surface area contributed by atoms with Crippen LogP contribution in [0.5, 0.6) is 0 Å². The summed E-state index contributed by atoms with van der Waals surface area (Å²) in [5.74, 6) is 0.785. The van der Waals surface area contributed by atoms with Crippen molar-refractivity contribution >= 4 is 11.6 Å². The van der Waals surface area contributed by atoms with Gasteiger partial charge in [0, 0.05) is 25.0 Å². The molecule has 0 aromatic carbocycles. The van der Waals surface area contributed by atoms with Gasteiger partial charge < -0.3 is 5.32 Å². The van der Waals surface area contributed by atoms with Crippen LogP contribution in [0.15, 0.2) is 24.7 Å². The van der Waals surface area contributed by atoms with Crippen LogP contribution >= 0.6 is 11.6 Å². The normalized spacial score (nSPS) is 11.2. The van der Waals surface area contributed by atoms with Crippen molar-refractivity contribution in [2.75, 3.05) is 0 Å². The standard InChI is InChI=1S/C13H17ClN4/c1-9(2)15-6-11-4-13(16-7-12(11)14)18-8-10(3)5-17-18/h4-5,7-9,15H,6H2,1-3H3. The summed E-state index contributed by atoms with van der Waals surface area (Å²) in [7, 11) is 0. The maximum Gasteiger partial charge on any atom is 0.153 e. The van der Waals surface area contributed by atoms with Crippen LogP contribution in [0.3, 0.4) is 0 Å². The number of pyridine rings is 1. The molecule has 0 saturated heterocycles. The van der Waals surface area contributed by atoms with Gasteiger partial charge >= 0.3 is 0 Å². The largest absolute Gasteiger partial charge is 0.310 e. The molecule has 0 fully saturated rings. The van der Waals surface area contributed by atoms with Gasteiger partial charge in [-0.1, -0.05) is 25.4 Å². The van der Waals surface area contributed by atoms with Crippen molar-refractivity contribution in [3.8, 4) is 5.82 Å². The van der Waals surface area contributed by atoms with E-state index in [2.05, 4.69) is 29.2 Å². The average Bonchev–Trinajstić information content (AvgIpc) is 2.74. The molecule has 0 spiro atoms. The Morgan fingerprint density at radius 3 is 2.78 bits per heavy atom. The van der Waals surface area contributed by atoms with Gasteiger partial charge in [-0.3, -0.25) is 0 Å². The molecule has 0 aliphatic heterocycles. The van der Waals surface area contributed by atoms with E-state index in [9.17, 15) is 0 Å². The fraction of sp³-hybridized carbons (Fsp3) is 0.385. The van der Waals surface area contributed by atoms with Gasteiger partial charge in [-0.05, 0) is 24.1 Å². The molecule has 2 aromatic rings. The molecular formula is C13H17ClN4. The maximum absolute atomic E-state index is 6.14. The lowest BCUT2D eigenvalue weighted by Crippen LogP contribution is -2.22. The number of aryl methyl sites for hydroxylation is 1. The van der Waals surface area contributed by atoms with Crippen molar-refractivity contribution in [2.45, 2.75) is 33.4 Å². The van der Waals surface area contributed by atoms with E-state index in [0.29, 0.717) is 11.1 Å². The number of hydrogen-bond donors (Lipinski definition) is 1. The molecule has 4 nitrogen and oxygen atoms in total. The third-order valence-electron chi connectivity index (χ3n) is 2.57. The van der Waals surface area contributed by atoms with E-state index >= 15 is 0 Å². The van der Waals surface area contributed by atoms with Crippen LogP contribution in [-0.2, 0) is 6.54 Å². The number of rotatable bonds is 4.